The molecule has 0 aromatic carbocycles. The minimum atomic E-state index is -1.57. The van der Waals surface area contributed by atoms with Crippen LogP contribution in [0.4, 0.5) is 0 Å². The van der Waals surface area contributed by atoms with Crippen molar-refractivity contribution >= 4 is 17.8 Å². The molecule has 122 valence electrons. The van der Waals surface area contributed by atoms with Crippen LogP contribution in [-0.4, -0.2) is 60.4 Å². The first-order valence-corrected chi connectivity index (χ1v) is 7.59. The Kier molecular flexibility index (Phi) is 3.72. The second kappa shape index (κ2) is 5.42. The Balaban J connectivity index is 1.87. The van der Waals surface area contributed by atoms with Gasteiger partial charge in [-0.05, 0) is 26.7 Å². The predicted molar refractivity (Wildman–Crippen MR) is 73.8 cm³/mol. The zero-order chi connectivity index (χ0) is 15.8. The summed E-state index contributed by atoms with van der Waals surface area (Å²) in [6.07, 6.45) is 1.41. The smallest absolute Gasteiger partial charge is 0.375 e. The van der Waals surface area contributed by atoms with Gasteiger partial charge >= 0.3 is 17.7 Å². The van der Waals surface area contributed by atoms with Crippen LogP contribution in [0.2, 0.25) is 0 Å². The zero-order valence-corrected chi connectivity index (χ0v) is 12.8. The minimum Gasteiger partial charge on any atom is -0.466 e. The van der Waals surface area contributed by atoms with Crippen molar-refractivity contribution in [3.63, 3.8) is 0 Å². The number of esters is 2. The highest BCUT2D eigenvalue weighted by molar-refractivity contribution is 6.00. The van der Waals surface area contributed by atoms with Gasteiger partial charge < -0.3 is 23.9 Å². The molecule has 1 spiro atoms. The van der Waals surface area contributed by atoms with Gasteiger partial charge in [0.05, 0.1) is 19.8 Å². The highest BCUT2D eigenvalue weighted by Crippen LogP contribution is 2.48. The largest absolute Gasteiger partial charge is 0.466 e. The molecule has 8 heteroatoms. The molecule has 0 N–H and O–H groups in total. The lowest BCUT2D eigenvalue weighted by atomic mass is 10.1. The maximum Gasteiger partial charge on any atom is 0.375 e. The van der Waals surface area contributed by atoms with E-state index in [1.54, 1.807) is 18.7 Å². The van der Waals surface area contributed by atoms with E-state index in [9.17, 15) is 9.59 Å². The highest BCUT2D eigenvalue weighted by atomic mass is 16.7. The fourth-order valence-corrected chi connectivity index (χ4v) is 2.88. The van der Waals surface area contributed by atoms with Crippen LogP contribution in [0, 0.1) is 0 Å². The van der Waals surface area contributed by atoms with E-state index in [-0.39, 0.29) is 19.6 Å². The number of nitrogens with zero attached hydrogens (tertiary/aromatic N) is 2. The molecule has 8 nitrogen and oxygen atoms in total. The van der Waals surface area contributed by atoms with Crippen LogP contribution in [0.15, 0.2) is 5.16 Å². The summed E-state index contributed by atoms with van der Waals surface area (Å²) >= 11 is 0. The highest BCUT2D eigenvalue weighted by Gasteiger charge is 2.65. The lowest BCUT2D eigenvalue weighted by molar-refractivity contribution is -0.195. The minimum absolute atomic E-state index is 0.192. The summed E-state index contributed by atoms with van der Waals surface area (Å²) in [6, 6.07) is 0. The van der Waals surface area contributed by atoms with Crippen molar-refractivity contribution < 1.29 is 28.6 Å². The fraction of sp³-hybridized carbons (Fsp3) is 0.786. The molecule has 1 saturated heterocycles. The summed E-state index contributed by atoms with van der Waals surface area (Å²) in [6.45, 7) is 4.70. The Morgan fingerprint density at radius 2 is 2.00 bits per heavy atom. The molecule has 2 fully saturated rings. The molecule has 0 aromatic heterocycles. The number of rotatable bonds is 5. The summed E-state index contributed by atoms with van der Waals surface area (Å²) in [7, 11) is 0. The Morgan fingerprint density at radius 3 is 2.64 bits per heavy atom. The molecular formula is C14H20N2O6. The van der Waals surface area contributed by atoms with Crippen molar-refractivity contribution in [1.82, 2.24) is 4.90 Å². The van der Waals surface area contributed by atoms with E-state index in [0.29, 0.717) is 19.0 Å². The Hall–Kier alpha value is -1.83. The van der Waals surface area contributed by atoms with Gasteiger partial charge in [0.1, 0.15) is 12.0 Å². The molecule has 1 saturated carbocycles. The average molecular weight is 312 g/mol. The molecule has 0 amide bonds. The Bertz CT molecular complexity index is 515. The lowest BCUT2D eigenvalue weighted by Crippen LogP contribution is -2.61. The molecule has 3 rings (SSSR count). The third-order valence-electron chi connectivity index (χ3n) is 4.06. The maximum atomic E-state index is 12.5. The summed E-state index contributed by atoms with van der Waals surface area (Å²) in [5, 5.41) is 4.05. The van der Waals surface area contributed by atoms with Crippen LogP contribution in [0.25, 0.3) is 0 Å². The number of morpholine rings is 1. The van der Waals surface area contributed by atoms with E-state index in [1.165, 1.54) is 0 Å². The number of carbonyl (C=O) groups is 2. The summed E-state index contributed by atoms with van der Waals surface area (Å²) < 4.78 is 15.8. The number of fused-ring (bicyclic) bond motifs is 2. The van der Waals surface area contributed by atoms with Crippen LogP contribution in [0.5, 0.6) is 0 Å². The number of carbonyl (C=O) groups excluding carboxylic acids is 2. The third kappa shape index (κ3) is 2.22. The second-order valence-electron chi connectivity index (χ2n) is 5.49. The van der Waals surface area contributed by atoms with Crippen molar-refractivity contribution in [1.29, 1.82) is 0 Å². The van der Waals surface area contributed by atoms with E-state index in [4.69, 9.17) is 19.0 Å². The normalized spacial score (nSPS) is 27.7. The van der Waals surface area contributed by atoms with Crippen LogP contribution in [0.1, 0.15) is 33.1 Å². The first-order chi connectivity index (χ1) is 10.6. The summed E-state index contributed by atoms with van der Waals surface area (Å²) in [5.41, 5.74) is -2.03. The number of ether oxygens (including phenoxy) is 3. The monoisotopic (exact) mass is 312 g/mol. The van der Waals surface area contributed by atoms with E-state index < -0.39 is 23.3 Å². The van der Waals surface area contributed by atoms with E-state index in [2.05, 4.69) is 5.16 Å². The molecule has 0 radical (unpaired) electrons. The standard InChI is InChI=1S/C14H20N2O6/c1-3-19-10(17)9-14(12(18)20-4-2)16-7-8-21-13(5-6-13)11(16)15-22-14/h3-9H2,1-2H3. The van der Waals surface area contributed by atoms with Gasteiger partial charge in [0, 0.05) is 6.54 Å². The lowest BCUT2D eigenvalue weighted by Gasteiger charge is -2.39. The van der Waals surface area contributed by atoms with Gasteiger partial charge in [-0.15, -0.1) is 0 Å². The summed E-state index contributed by atoms with van der Waals surface area (Å²) in [4.78, 5) is 31.6. The quantitative estimate of drug-likeness (QED) is 0.679. The van der Waals surface area contributed by atoms with Crippen LogP contribution in [-0.2, 0) is 28.6 Å². The molecular weight excluding hydrogens is 292 g/mol. The van der Waals surface area contributed by atoms with Gasteiger partial charge in [0.25, 0.3) is 0 Å². The molecule has 1 unspecified atom stereocenters. The molecule has 1 aliphatic carbocycles. The zero-order valence-electron chi connectivity index (χ0n) is 12.8. The van der Waals surface area contributed by atoms with Gasteiger partial charge in [0.15, 0.2) is 5.84 Å². The summed E-state index contributed by atoms with van der Waals surface area (Å²) in [5.74, 6) is -0.570. The first kappa shape index (κ1) is 15.1. The maximum absolute atomic E-state index is 12.5. The predicted octanol–water partition coefficient (Wildman–Crippen LogP) is 0.408. The van der Waals surface area contributed by atoms with Crippen molar-refractivity contribution in [2.24, 2.45) is 5.16 Å². The van der Waals surface area contributed by atoms with Crippen LogP contribution < -0.4 is 0 Å². The van der Waals surface area contributed by atoms with Crippen LogP contribution in [0.3, 0.4) is 0 Å². The van der Waals surface area contributed by atoms with Crippen molar-refractivity contribution in [2.45, 2.75) is 44.4 Å². The topological polar surface area (TPSA) is 86.7 Å². The van der Waals surface area contributed by atoms with E-state index >= 15 is 0 Å². The average Bonchev–Trinajstić information content (AvgIpc) is 3.14. The molecule has 22 heavy (non-hydrogen) atoms. The molecule has 2 heterocycles. The number of oxime groups is 1. The van der Waals surface area contributed by atoms with Gasteiger partial charge in [-0.1, -0.05) is 5.16 Å². The fourth-order valence-electron chi connectivity index (χ4n) is 2.88. The Labute approximate surface area is 128 Å². The van der Waals surface area contributed by atoms with E-state index in [1.807, 2.05) is 0 Å². The first-order valence-electron chi connectivity index (χ1n) is 7.59. The van der Waals surface area contributed by atoms with Crippen molar-refractivity contribution in [3.05, 3.63) is 0 Å². The third-order valence-corrected chi connectivity index (χ3v) is 4.06. The van der Waals surface area contributed by atoms with Gasteiger partial charge in [-0.25, -0.2) is 4.79 Å². The van der Waals surface area contributed by atoms with Crippen LogP contribution >= 0.6 is 0 Å². The van der Waals surface area contributed by atoms with Crippen molar-refractivity contribution in [3.8, 4) is 0 Å². The number of hydrogen-bond donors (Lipinski definition) is 0. The van der Waals surface area contributed by atoms with Gasteiger partial charge in [-0.2, -0.15) is 0 Å². The number of hydrogen-bond acceptors (Lipinski definition) is 8. The second-order valence-corrected chi connectivity index (χ2v) is 5.49. The molecule has 0 bridgehead atoms. The molecule has 0 aromatic rings. The SMILES string of the molecule is CCOC(=O)CC1(C(=O)OCC)ON=C2N1CCOC21CC1. The van der Waals surface area contributed by atoms with Crippen molar-refractivity contribution in [2.75, 3.05) is 26.4 Å². The van der Waals surface area contributed by atoms with E-state index in [0.717, 1.165) is 12.8 Å². The Morgan fingerprint density at radius 1 is 1.27 bits per heavy atom. The molecule has 3 aliphatic rings. The van der Waals surface area contributed by atoms with Gasteiger partial charge in [-0.3, -0.25) is 4.79 Å². The van der Waals surface area contributed by atoms with Gasteiger partial charge in [0.2, 0.25) is 0 Å². The molecule has 1 atom stereocenters. The molecule has 2 aliphatic heterocycles. The number of amidine groups is 1.